The van der Waals surface area contributed by atoms with E-state index in [2.05, 4.69) is 18.7 Å². The Morgan fingerprint density at radius 2 is 2.00 bits per heavy atom. The van der Waals surface area contributed by atoms with Gasteiger partial charge in [-0.1, -0.05) is 20.3 Å². The molecule has 0 aromatic heterocycles. The second-order valence-corrected chi connectivity index (χ2v) is 9.86. The molecule has 2 aliphatic carbocycles. The van der Waals surface area contributed by atoms with Gasteiger partial charge in [-0.15, -0.1) is 0 Å². The molecular weight excluding hydrogens is 344 g/mol. The van der Waals surface area contributed by atoms with Crippen LogP contribution in [0.5, 0.6) is 0 Å². The molecule has 2 saturated carbocycles. The summed E-state index contributed by atoms with van der Waals surface area (Å²) < 4.78 is 12.4. The van der Waals surface area contributed by atoms with Gasteiger partial charge in [0.25, 0.3) is 0 Å². The first kappa shape index (κ1) is 17.9. The Kier molecular flexibility index (Phi) is 3.94. The first-order chi connectivity index (χ1) is 12.9. The van der Waals surface area contributed by atoms with Gasteiger partial charge in [0.15, 0.2) is 0 Å². The van der Waals surface area contributed by atoms with E-state index in [0.717, 1.165) is 39.1 Å². The molecule has 5 rings (SSSR count). The van der Waals surface area contributed by atoms with Crippen molar-refractivity contribution in [3.05, 3.63) is 0 Å². The molecule has 5 fully saturated rings. The number of ether oxygens (including phenoxy) is 2. The monoisotopic (exact) mass is 376 g/mol. The Balaban J connectivity index is 1.32. The van der Waals surface area contributed by atoms with Gasteiger partial charge in [0.1, 0.15) is 11.7 Å². The molecule has 5 aliphatic rings. The van der Waals surface area contributed by atoms with Crippen LogP contribution < -0.4 is 0 Å². The molecule has 0 aromatic carbocycles. The fraction of sp³-hybridized carbons (Fsp3) is 0.905. The molecule has 1 spiro atoms. The van der Waals surface area contributed by atoms with Gasteiger partial charge in [-0.25, -0.2) is 0 Å². The third kappa shape index (κ3) is 2.45. The second kappa shape index (κ2) is 5.93. The normalized spacial score (nSPS) is 49.1. The highest BCUT2D eigenvalue weighted by atomic mass is 16.6. The van der Waals surface area contributed by atoms with Crippen molar-refractivity contribution in [2.24, 2.45) is 23.2 Å². The molecule has 3 saturated heterocycles. The van der Waals surface area contributed by atoms with Gasteiger partial charge < -0.3 is 14.4 Å². The van der Waals surface area contributed by atoms with Gasteiger partial charge >= 0.3 is 5.97 Å². The average Bonchev–Trinajstić information content (AvgIpc) is 3.31. The molecule has 150 valence electrons. The highest BCUT2D eigenvalue weighted by Crippen LogP contribution is 2.70. The van der Waals surface area contributed by atoms with Crippen LogP contribution in [-0.2, 0) is 19.1 Å². The SMILES string of the molecule is CC(=O)N1CCN(CC2C(=O)O[C@@H]3C[C@@]4(C)CCC[C@H](C)C45OC5[C@H]23)CC1. The van der Waals surface area contributed by atoms with Gasteiger partial charge in [0.2, 0.25) is 5.91 Å². The number of amides is 1. The first-order valence-corrected chi connectivity index (χ1v) is 10.7. The Labute approximate surface area is 161 Å². The largest absolute Gasteiger partial charge is 0.462 e. The van der Waals surface area contributed by atoms with Crippen molar-refractivity contribution >= 4 is 11.9 Å². The van der Waals surface area contributed by atoms with Crippen LogP contribution in [0.4, 0.5) is 0 Å². The van der Waals surface area contributed by atoms with Crippen LogP contribution in [0, 0.1) is 23.2 Å². The minimum atomic E-state index is -0.0815. The zero-order valence-corrected chi connectivity index (χ0v) is 16.8. The molecule has 6 heteroatoms. The van der Waals surface area contributed by atoms with E-state index in [9.17, 15) is 9.59 Å². The van der Waals surface area contributed by atoms with E-state index >= 15 is 0 Å². The Bertz CT molecular complexity index is 661. The first-order valence-electron chi connectivity index (χ1n) is 10.7. The number of epoxide rings is 1. The molecule has 7 atom stereocenters. The lowest BCUT2D eigenvalue weighted by Gasteiger charge is -2.49. The minimum absolute atomic E-state index is 0.0219. The number of piperazine rings is 1. The maximum absolute atomic E-state index is 12.8. The summed E-state index contributed by atoms with van der Waals surface area (Å²) in [5.74, 6) is 0.803. The number of fused-ring (bicyclic) bond motifs is 2. The summed E-state index contributed by atoms with van der Waals surface area (Å²) in [4.78, 5) is 28.5. The van der Waals surface area contributed by atoms with E-state index in [1.165, 1.54) is 19.3 Å². The fourth-order valence-corrected chi connectivity index (χ4v) is 6.97. The summed E-state index contributed by atoms with van der Waals surface area (Å²) in [6.07, 6.45) is 4.84. The number of hydrogen-bond donors (Lipinski definition) is 0. The number of hydrogen-bond acceptors (Lipinski definition) is 5. The lowest BCUT2D eigenvalue weighted by Crippen LogP contribution is -2.55. The molecule has 0 radical (unpaired) electrons. The third-order valence-electron chi connectivity index (χ3n) is 8.47. The molecule has 1 amide bonds. The topological polar surface area (TPSA) is 62.4 Å². The Morgan fingerprint density at radius 1 is 1.26 bits per heavy atom. The van der Waals surface area contributed by atoms with E-state index in [-0.39, 0.29) is 46.9 Å². The average molecular weight is 376 g/mol. The van der Waals surface area contributed by atoms with Crippen molar-refractivity contribution in [3.63, 3.8) is 0 Å². The van der Waals surface area contributed by atoms with Crippen molar-refractivity contribution < 1.29 is 19.1 Å². The van der Waals surface area contributed by atoms with E-state index in [1.807, 2.05) is 4.90 Å². The molecule has 0 bridgehead atoms. The summed E-state index contributed by atoms with van der Waals surface area (Å²) in [5, 5.41) is 0. The molecule has 3 unspecified atom stereocenters. The van der Waals surface area contributed by atoms with Crippen LogP contribution in [-0.4, -0.2) is 72.2 Å². The van der Waals surface area contributed by atoms with Crippen LogP contribution in [0.3, 0.4) is 0 Å². The van der Waals surface area contributed by atoms with Gasteiger partial charge in [-0.05, 0) is 25.2 Å². The molecule has 0 aromatic rings. The molecule has 3 aliphatic heterocycles. The third-order valence-corrected chi connectivity index (χ3v) is 8.47. The van der Waals surface area contributed by atoms with E-state index in [4.69, 9.17) is 9.47 Å². The van der Waals surface area contributed by atoms with E-state index in [1.54, 1.807) is 6.92 Å². The maximum atomic E-state index is 12.8. The second-order valence-electron chi connectivity index (χ2n) is 9.86. The van der Waals surface area contributed by atoms with Crippen LogP contribution in [0.15, 0.2) is 0 Å². The summed E-state index contributed by atoms with van der Waals surface area (Å²) in [6, 6.07) is 0. The Morgan fingerprint density at radius 3 is 2.70 bits per heavy atom. The number of nitrogens with zero attached hydrogens (tertiary/aromatic N) is 2. The van der Waals surface area contributed by atoms with Crippen molar-refractivity contribution in [1.29, 1.82) is 0 Å². The van der Waals surface area contributed by atoms with Crippen LogP contribution in [0.1, 0.15) is 46.5 Å². The van der Waals surface area contributed by atoms with Crippen LogP contribution in [0.25, 0.3) is 0 Å². The zero-order chi connectivity index (χ0) is 19.0. The number of esters is 1. The van der Waals surface area contributed by atoms with Crippen molar-refractivity contribution in [2.45, 2.75) is 64.3 Å². The Hall–Kier alpha value is -1.14. The summed E-state index contributed by atoms with van der Waals surface area (Å²) in [5.41, 5.74) is 0.130. The quantitative estimate of drug-likeness (QED) is 0.542. The van der Waals surface area contributed by atoms with Crippen molar-refractivity contribution in [3.8, 4) is 0 Å². The summed E-state index contributed by atoms with van der Waals surface area (Å²) in [6.45, 7) is 10.3. The molecule has 27 heavy (non-hydrogen) atoms. The van der Waals surface area contributed by atoms with Crippen LogP contribution in [0.2, 0.25) is 0 Å². The number of carbonyl (C=O) groups is 2. The van der Waals surface area contributed by atoms with Gasteiger partial charge in [-0.3, -0.25) is 14.5 Å². The predicted octanol–water partition coefficient (Wildman–Crippen LogP) is 1.68. The predicted molar refractivity (Wildman–Crippen MR) is 98.9 cm³/mol. The summed E-state index contributed by atoms with van der Waals surface area (Å²) in [7, 11) is 0. The van der Waals surface area contributed by atoms with Crippen LogP contribution >= 0.6 is 0 Å². The number of rotatable bonds is 2. The molecular formula is C21H32N2O4. The molecule has 6 nitrogen and oxygen atoms in total. The van der Waals surface area contributed by atoms with Gasteiger partial charge in [0.05, 0.1) is 12.0 Å². The lowest BCUT2D eigenvalue weighted by atomic mass is 9.53. The van der Waals surface area contributed by atoms with E-state index in [0.29, 0.717) is 5.92 Å². The van der Waals surface area contributed by atoms with E-state index < -0.39 is 0 Å². The molecule has 3 heterocycles. The van der Waals surface area contributed by atoms with Crippen molar-refractivity contribution in [1.82, 2.24) is 9.80 Å². The van der Waals surface area contributed by atoms with Crippen molar-refractivity contribution in [2.75, 3.05) is 32.7 Å². The summed E-state index contributed by atoms with van der Waals surface area (Å²) >= 11 is 0. The highest BCUT2D eigenvalue weighted by Gasteiger charge is 2.78. The van der Waals surface area contributed by atoms with Gasteiger partial charge in [0, 0.05) is 51.0 Å². The molecule has 0 N–H and O–H groups in total. The lowest BCUT2D eigenvalue weighted by molar-refractivity contribution is -0.147. The van der Waals surface area contributed by atoms with Gasteiger partial charge in [-0.2, -0.15) is 0 Å². The fourth-order valence-electron chi connectivity index (χ4n) is 6.97. The smallest absolute Gasteiger partial charge is 0.311 e. The standard InChI is InChI=1S/C21H32N2O4/c1-13-5-4-6-20(3)11-16-17(18-21(13,20)27-18)15(19(25)26-16)12-22-7-9-23(10-8-22)14(2)24/h13,15-18H,4-12H2,1-3H3/t13-,15?,16+,17+,18?,20+,21?/m0/s1. The highest BCUT2D eigenvalue weighted by molar-refractivity contribution is 5.76. The zero-order valence-electron chi connectivity index (χ0n) is 16.8. The number of carbonyl (C=O) groups excluding carboxylic acids is 2. The minimum Gasteiger partial charge on any atom is -0.462 e. The maximum Gasteiger partial charge on any atom is 0.311 e.